The van der Waals surface area contributed by atoms with Crippen LogP contribution in [0.2, 0.25) is 0 Å². The van der Waals surface area contributed by atoms with Gasteiger partial charge in [0.1, 0.15) is 11.8 Å². The molecule has 12 nitrogen and oxygen atoms in total. The number of allylic oxidation sites excluding steroid dienone is 1. The summed E-state index contributed by atoms with van der Waals surface area (Å²) in [5, 5.41) is 6.04. The lowest BCUT2D eigenvalue weighted by molar-refractivity contribution is -0.142. The van der Waals surface area contributed by atoms with Crippen LogP contribution in [-0.2, 0) is 18.6 Å². The largest absolute Gasteiger partial charge is 0.468 e. The summed E-state index contributed by atoms with van der Waals surface area (Å²) < 4.78 is 31.8. The number of fused-ring (bicyclic) bond motifs is 1. The number of anilines is 2. The first-order valence-electron chi connectivity index (χ1n) is 12.1. The van der Waals surface area contributed by atoms with Crippen LogP contribution in [0.5, 0.6) is 5.75 Å². The number of carbonyl (C=O) groups is 1. The summed E-state index contributed by atoms with van der Waals surface area (Å²) in [5.74, 6) is 0.547. The second-order valence-corrected chi connectivity index (χ2v) is 10.9. The maximum absolute atomic E-state index is 13.6. The van der Waals surface area contributed by atoms with Crippen molar-refractivity contribution in [1.82, 2.24) is 24.6 Å². The van der Waals surface area contributed by atoms with Crippen molar-refractivity contribution < 1.29 is 23.1 Å². The molecule has 0 amide bonds. The maximum atomic E-state index is 13.6. The van der Waals surface area contributed by atoms with Crippen LogP contribution in [0.15, 0.2) is 48.8 Å². The van der Waals surface area contributed by atoms with Crippen LogP contribution in [0.4, 0.5) is 11.8 Å². The molecule has 4 atom stereocenters. The molecular formula is C24H30N7O5P. The van der Waals surface area contributed by atoms with Gasteiger partial charge in [-0.1, -0.05) is 30.4 Å². The molecule has 196 valence electrons. The van der Waals surface area contributed by atoms with E-state index in [4.69, 9.17) is 19.5 Å². The number of esters is 1. The number of aromatic nitrogens is 4. The third-order valence-electron chi connectivity index (χ3n) is 6.20. The molecular weight excluding hydrogens is 497 g/mol. The van der Waals surface area contributed by atoms with Gasteiger partial charge in [0.05, 0.1) is 26.1 Å². The third kappa shape index (κ3) is 5.93. The van der Waals surface area contributed by atoms with E-state index < -0.39 is 19.8 Å². The van der Waals surface area contributed by atoms with Crippen molar-refractivity contribution in [2.24, 2.45) is 5.92 Å². The molecule has 0 aliphatic heterocycles. The molecule has 13 heteroatoms. The fourth-order valence-electron chi connectivity index (χ4n) is 4.15. The first-order chi connectivity index (χ1) is 17.8. The van der Waals surface area contributed by atoms with Crippen LogP contribution < -0.4 is 20.7 Å². The first-order valence-corrected chi connectivity index (χ1v) is 13.7. The van der Waals surface area contributed by atoms with Gasteiger partial charge in [-0.25, -0.2) is 9.55 Å². The summed E-state index contributed by atoms with van der Waals surface area (Å²) >= 11 is 0. The topological polar surface area (TPSA) is 156 Å². The second-order valence-electron chi connectivity index (χ2n) is 9.19. The highest BCUT2D eigenvalue weighted by Crippen LogP contribution is 2.46. The molecule has 0 bridgehead atoms. The number of nitrogens with two attached hydrogens (primary N) is 1. The summed E-state index contributed by atoms with van der Waals surface area (Å²) in [6.45, 7) is 1.64. The Bertz CT molecular complexity index is 1340. The smallest absolute Gasteiger partial charge is 0.459 e. The number of methoxy groups -OCH3 is 1. The molecule has 0 saturated heterocycles. The number of ether oxygens (including phenoxy) is 1. The van der Waals surface area contributed by atoms with Gasteiger partial charge < -0.3 is 24.9 Å². The van der Waals surface area contributed by atoms with E-state index >= 15 is 0 Å². The van der Waals surface area contributed by atoms with Gasteiger partial charge in [-0.05, 0) is 38.3 Å². The Morgan fingerprint density at radius 2 is 2.03 bits per heavy atom. The average Bonchev–Trinajstić information content (AvgIpc) is 3.40. The van der Waals surface area contributed by atoms with Gasteiger partial charge in [0.15, 0.2) is 17.0 Å². The van der Waals surface area contributed by atoms with Crippen molar-refractivity contribution in [3.8, 4) is 5.75 Å². The zero-order chi connectivity index (χ0) is 26.0. The quantitative estimate of drug-likeness (QED) is 0.191. The van der Waals surface area contributed by atoms with E-state index in [-0.39, 0.29) is 24.5 Å². The Hall–Kier alpha value is -3.47. The lowest BCUT2D eigenvalue weighted by Crippen LogP contribution is -2.34. The molecule has 1 fully saturated rings. The fourth-order valence-corrected chi connectivity index (χ4v) is 5.70. The van der Waals surface area contributed by atoms with Gasteiger partial charge in [0.25, 0.3) is 0 Å². The summed E-state index contributed by atoms with van der Waals surface area (Å²) in [6.07, 6.45) is 8.64. The second kappa shape index (κ2) is 10.5. The summed E-state index contributed by atoms with van der Waals surface area (Å²) in [4.78, 5) is 25.2. The Morgan fingerprint density at radius 3 is 2.76 bits per heavy atom. The van der Waals surface area contributed by atoms with Gasteiger partial charge in [0, 0.05) is 12.0 Å². The maximum Gasteiger partial charge on any atom is 0.459 e. The molecule has 4 N–H and O–H groups in total. The number of hydrogen-bond donors (Lipinski definition) is 3. The minimum absolute atomic E-state index is 0.0435. The number of nitrogens with zero attached hydrogens (tertiary/aromatic N) is 4. The molecule has 2 heterocycles. The van der Waals surface area contributed by atoms with Crippen molar-refractivity contribution >= 4 is 36.6 Å². The number of benzene rings is 1. The molecule has 2 aromatic heterocycles. The van der Waals surface area contributed by atoms with E-state index in [0.29, 0.717) is 35.2 Å². The van der Waals surface area contributed by atoms with Crippen molar-refractivity contribution in [1.29, 1.82) is 0 Å². The molecule has 1 saturated carbocycles. The normalized spacial score (nSPS) is 21.5. The number of nitrogen functional groups attached to an aromatic ring is 1. The van der Waals surface area contributed by atoms with E-state index in [1.54, 1.807) is 30.6 Å². The van der Waals surface area contributed by atoms with Gasteiger partial charge in [0.2, 0.25) is 5.95 Å². The Kier molecular flexibility index (Phi) is 7.14. The van der Waals surface area contributed by atoms with E-state index in [1.807, 2.05) is 22.8 Å². The number of hydrogen-bond acceptors (Lipinski definition) is 10. The van der Waals surface area contributed by atoms with Gasteiger partial charge >= 0.3 is 13.7 Å². The zero-order valence-electron chi connectivity index (χ0n) is 20.6. The number of imidazole rings is 1. The van der Waals surface area contributed by atoms with Crippen molar-refractivity contribution in [2.75, 3.05) is 24.8 Å². The summed E-state index contributed by atoms with van der Waals surface area (Å²) in [5.41, 5.74) is 7.31. The van der Waals surface area contributed by atoms with Crippen LogP contribution in [0.25, 0.3) is 11.2 Å². The monoisotopic (exact) mass is 527 g/mol. The van der Waals surface area contributed by atoms with E-state index in [1.165, 1.54) is 14.0 Å². The Morgan fingerprint density at radius 1 is 1.24 bits per heavy atom. The third-order valence-corrected chi connectivity index (χ3v) is 7.84. The highest BCUT2D eigenvalue weighted by Gasteiger charge is 2.34. The minimum atomic E-state index is -3.91. The highest BCUT2D eigenvalue weighted by atomic mass is 31.2. The molecule has 0 radical (unpaired) electrons. The van der Waals surface area contributed by atoms with E-state index in [9.17, 15) is 9.36 Å². The van der Waals surface area contributed by atoms with Crippen molar-refractivity contribution in [2.45, 2.75) is 44.3 Å². The van der Waals surface area contributed by atoms with Gasteiger partial charge in [-0.15, -0.1) is 0 Å². The van der Waals surface area contributed by atoms with E-state index in [2.05, 4.69) is 25.4 Å². The molecule has 1 aromatic carbocycles. The zero-order valence-corrected chi connectivity index (χ0v) is 21.5. The molecule has 3 aromatic rings. The Labute approximate surface area is 214 Å². The predicted molar refractivity (Wildman–Crippen MR) is 138 cm³/mol. The highest BCUT2D eigenvalue weighted by molar-refractivity contribution is 7.52. The minimum Gasteiger partial charge on any atom is -0.468 e. The van der Waals surface area contributed by atoms with Crippen molar-refractivity contribution in [3.05, 3.63) is 48.8 Å². The molecule has 2 aliphatic carbocycles. The van der Waals surface area contributed by atoms with Crippen molar-refractivity contribution in [3.63, 3.8) is 0 Å². The van der Waals surface area contributed by atoms with Crippen LogP contribution in [0.1, 0.15) is 32.2 Å². The average molecular weight is 528 g/mol. The fraction of sp³-hybridized carbons (Fsp3) is 0.417. The molecule has 2 aliphatic rings. The number of carbonyl (C=O) groups excluding carboxylic acids is 1. The van der Waals surface area contributed by atoms with Gasteiger partial charge in [-0.3, -0.25) is 9.32 Å². The number of nitrogens with one attached hydrogen (secondary N) is 2. The van der Waals surface area contributed by atoms with Gasteiger partial charge in [-0.2, -0.15) is 15.1 Å². The van der Waals surface area contributed by atoms with Crippen LogP contribution in [0, 0.1) is 5.92 Å². The lowest BCUT2D eigenvalue weighted by Gasteiger charge is -2.23. The predicted octanol–water partition coefficient (Wildman–Crippen LogP) is 3.45. The lowest BCUT2D eigenvalue weighted by atomic mass is 10.1. The molecule has 37 heavy (non-hydrogen) atoms. The standard InChI is InChI=1S/C24H30N7O5P/c1-15(23(32)34-2)30-37(33,36-19-6-4-3-5-7-19)35-13-16-8-11-18(12-16)31-14-26-20-21(27-17-9-10-17)28-24(25)29-22(20)31/h3-8,11,14-18H,9-10,12-13H2,1-2H3,(H,30,33)(H3,25,27,28,29)/t15?,16-,18+,37?/m1/s1. The van der Waals surface area contributed by atoms with Crippen LogP contribution >= 0.6 is 7.75 Å². The summed E-state index contributed by atoms with van der Waals surface area (Å²) in [7, 11) is -2.64. The molecule has 5 rings (SSSR count). The number of para-hydroxylation sites is 1. The Balaban J connectivity index is 1.27. The first kappa shape index (κ1) is 25.2. The molecule has 0 spiro atoms. The van der Waals surface area contributed by atoms with Crippen LogP contribution in [-0.4, -0.2) is 51.3 Å². The SMILES string of the molecule is COC(=O)C(C)NP(=O)(OC[C@@H]1C=C[C@H](n2cnc3c(NC4CC4)nc(N)nc32)C1)Oc1ccccc1. The molecule has 2 unspecified atom stereocenters. The van der Waals surface area contributed by atoms with E-state index in [0.717, 1.165) is 12.8 Å². The number of rotatable bonds is 11. The van der Waals surface area contributed by atoms with Crippen LogP contribution in [0.3, 0.4) is 0 Å². The summed E-state index contributed by atoms with van der Waals surface area (Å²) in [6, 6.07) is 8.11.